The smallest absolute Gasteiger partial charge is 0.0843 e. The number of hydrogen-bond acceptors (Lipinski definition) is 1. The van der Waals surface area contributed by atoms with Crippen LogP contribution < -0.4 is 5.01 Å². The zero-order chi connectivity index (χ0) is 8.97. The van der Waals surface area contributed by atoms with Gasteiger partial charge in [-0.15, -0.1) is 0 Å². The first-order valence-corrected chi connectivity index (χ1v) is 3.63. The summed E-state index contributed by atoms with van der Waals surface area (Å²) in [6.45, 7) is 3.54. The number of nitrogens with zero attached hydrogens (tertiary/aromatic N) is 2. The van der Waals surface area contributed by atoms with E-state index in [1.54, 1.807) is 0 Å². The molecular weight excluding hydrogens is 152 g/mol. The van der Waals surface area contributed by atoms with Crippen molar-refractivity contribution in [1.29, 1.82) is 0 Å². The van der Waals surface area contributed by atoms with Crippen molar-refractivity contribution in [3.8, 4) is 0 Å². The molecule has 3 nitrogen and oxygen atoms in total. The van der Waals surface area contributed by atoms with E-state index in [1.807, 2.05) is 30.3 Å². The minimum absolute atomic E-state index is 0.725. The Morgan fingerprint density at radius 3 is 2.42 bits per heavy atom. The predicted octanol–water partition coefficient (Wildman–Crippen LogP) is 1.96. The molecule has 1 aromatic carbocycles. The fourth-order valence-corrected chi connectivity index (χ4v) is 0.964. The van der Waals surface area contributed by atoms with E-state index in [1.165, 1.54) is 18.3 Å². The number of hydrazine groups is 1. The molecule has 0 heterocycles. The first kappa shape index (κ1) is 8.46. The third kappa shape index (κ3) is 1.69. The van der Waals surface area contributed by atoms with Gasteiger partial charge in [-0.2, -0.15) is 0 Å². The van der Waals surface area contributed by atoms with E-state index in [0.717, 1.165) is 10.6 Å². The third-order valence-corrected chi connectivity index (χ3v) is 1.50. The Labute approximate surface area is 71.5 Å². The Morgan fingerprint density at radius 1 is 1.42 bits per heavy atom. The van der Waals surface area contributed by atoms with Crippen molar-refractivity contribution in [3.05, 3.63) is 48.0 Å². The van der Waals surface area contributed by atoms with Gasteiger partial charge in [0.15, 0.2) is 0 Å². The molecule has 0 aliphatic rings. The number of rotatable bonds is 3. The maximum Gasteiger partial charge on any atom is 0.217 e. The Balaban J connectivity index is 2.95. The molecule has 0 radical (unpaired) electrons. The summed E-state index contributed by atoms with van der Waals surface area (Å²) in [6, 6.07) is 9.33. The highest BCUT2D eigenvalue weighted by atomic mass is 16.3. The molecule has 3 heteroatoms. The molecular formula is C9H11N2O+. The van der Waals surface area contributed by atoms with Gasteiger partial charge >= 0.3 is 0 Å². The van der Waals surface area contributed by atoms with E-state index in [4.69, 9.17) is 0 Å². The normalized spacial score (nSPS) is 9.08. The lowest BCUT2D eigenvalue weighted by Gasteiger charge is -2.06. The summed E-state index contributed by atoms with van der Waals surface area (Å²) in [6.07, 6.45) is 1.47. The van der Waals surface area contributed by atoms with Gasteiger partial charge in [0.25, 0.3) is 0 Å². The fourth-order valence-electron chi connectivity index (χ4n) is 0.964. The molecule has 0 atom stereocenters. The van der Waals surface area contributed by atoms with Crippen LogP contribution in [-0.2, 0) is 0 Å². The van der Waals surface area contributed by atoms with Crippen molar-refractivity contribution in [3.63, 3.8) is 0 Å². The summed E-state index contributed by atoms with van der Waals surface area (Å²) in [5.74, 6) is 0. The van der Waals surface area contributed by atoms with Gasteiger partial charge in [-0.3, -0.25) is 0 Å². The van der Waals surface area contributed by atoms with E-state index in [-0.39, 0.29) is 0 Å². The van der Waals surface area contributed by atoms with Gasteiger partial charge in [-0.25, -0.2) is 0 Å². The zero-order valence-corrected chi connectivity index (χ0v) is 6.97. The van der Waals surface area contributed by atoms with E-state index in [2.05, 4.69) is 6.58 Å². The number of para-hydroxylation sites is 1. The maximum absolute atomic E-state index is 10.9. The summed E-state index contributed by atoms with van der Waals surface area (Å²) in [7, 11) is 1.43. The molecule has 0 aliphatic carbocycles. The summed E-state index contributed by atoms with van der Waals surface area (Å²) in [5, 5.41) is 1.42. The average molecular weight is 163 g/mol. The summed E-state index contributed by atoms with van der Waals surface area (Å²) >= 11 is 0. The first-order valence-electron chi connectivity index (χ1n) is 3.63. The SMILES string of the molecule is C=CN(c1ccccc1)[N+](C)=O. The van der Waals surface area contributed by atoms with Gasteiger partial charge in [0.05, 0.1) is 11.1 Å². The van der Waals surface area contributed by atoms with Crippen LogP contribution in [0.2, 0.25) is 0 Å². The van der Waals surface area contributed by atoms with Crippen LogP contribution >= 0.6 is 0 Å². The monoisotopic (exact) mass is 163 g/mol. The van der Waals surface area contributed by atoms with Crippen LogP contribution in [0.25, 0.3) is 0 Å². The van der Waals surface area contributed by atoms with E-state index >= 15 is 0 Å². The van der Waals surface area contributed by atoms with Gasteiger partial charge in [-0.1, -0.05) is 29.8 Å². The number of nitroso groups, excluding NO2 is 1. The zero-order valence-electron chi connectivity index (χ0n) is 6.97. The average Bonchev–Trinajstić information content (AvgIpc) is 2.07. The highest BCUT2D eigenvalue weighted by Crippen LogP contribution is 2.12. The van der Waals surface area contributed by atoms with Gasteiger partial charge in [-0.05, 0) is 12.1 Å². The molecule has 0 saturated heterocycles. The van der Waals surface area contributed by atoms with Gasteiger partial charge in [0, 0.05) is 0 Å². The van der Waals surface area contributed by atoms with Crippen LogP contribution in [-0.4, -0.2) is 11.9 Å². The molecule has 0 fully saturated rings. The van der Waals surface area contributed by atoms with E-state index in [0.29, 0.717) is 0 Å². The van der Waals surface area contributed by atoms with Crippen LogP contribution in [0, 0.1) is 4.91 Å². The highest BCUT2D eigenvalue weighted by Gasteiger charge is 2.11. The van der Waals surface area contributed by atoms with Crippen molar-refractivity contribution in [2.75, 3.05) is 12.1 Å². The van der Waals surface area contributed by atoms with E-state index < -0.39 is 0 Å². The van der Waals surface area contributed by atoms with Gasteiger partial charge < -0.3 is 0 Å². The molecule has 0 aliphatic heterocycles. The van der Waals surface area contributed by atoms with Crippen LogP contribution in [0.3, 0.4) is 0 Å². The second kappa shape index (κ2) is 3.67. The molecule has 62 valence electrons. The Hall–Kier alpha value is -1.64. The number of anilines is 1. The van der Waals surface area contributed by atoms with Gasteiger partial charge in [0.1, 0.15) is 10.6 Å². The lowest BCUT2D eigenvalue weighted by Crippen LogP contribution is -2.24. The van der Waals surface area contributed by atoms with Crippen molar-refractivity contribution >= 4 is 5.69 Å². The van der Waals surface area contributed by atoms with Crippen LogP contribution in [0.1, 0.15) is 0 Å². The Bertz CT molecular complexity index is 282. The Morgan fingerprint density at radius 2 is 2.00 bits per heavy atom. The van der Waals surface area contributed by atoms with Crippen LogP contribution in [0.4, 0.5) is 5.69 Å². The van der Waals surface area contributed by atoms with Crippen molar-refractivity contribution in [2.45, 2.75) is 0 Å². The molecule has 0 spiro atoms. The molecule has 1 aromatic rings. The second-order valence-corrected chi connectivity index (χ2v) is 2.33. The highest BCUT2D eigenvalue weighted by molar-refractivity contribution is 5.44. The molecule has 1 rings (SSSR count). The standard InChI is InChI=1S/C9H11N2O/c1-3-11(10(2)12)9-7-5-4-6-8-9/h3-8H,1H2,2H3/q+1. The molecule has 0 N–H and O–H groups in total. The number of benzene rings is 1. The summed E-state index contributed by atoms with van der Waals surface area (Å²) in [4.78, 5) is 11.7. The van der Waals surface area contributed by atoms with Crippen molar-refractivity contribution in [2.24, 2.45) is 0 Å². The molecule has 12 heavy (non-hydrogen) atoms. The Kier molecular flexibility index (Phi) is 2.58. The van der Waals surface area contributed by atoms with E-state index in [9.17, 15) is 4.91 Å². The van der Waals surface area contributed by atoms with Crippen molar-refractivity contribution < 1.29 is 4.87 Å². The first-order chi connectivity index (χ1) is 5.75. The predicted molar refractivity (Wildman–Crippen MR) is 48.7 cm³/mol. The van der Waals surface area contributed by atoms with Crippen molar-refractivity contribution in [1.82, 2.24) is 0 Å². The lowest BCUT2D eigenvalue weighted by molar-refractivity contribution is -0.524. The summed E-state index contributed by atoms with van der Waals surface area (Å²) < 4.78 is 0. The second-order valence-electron chi connectivity index (χ2n) is 2.33. The largest absolute Gasteiger partial charge is 0.217 e. The number of hydrogen-bond donors (Lipinski definition) is 0. The molecule has 0 saturated carbocycles. The fraction of sp³-hybridized carbons (Fsp3) is 0.111. The minimum Gasteiger partial charge on any atom is -0.0843 e. The molecule has 0 aromatic heterocycles. The molecule has 0 unspecified atom stereocenters. The quantitative estimate of drug-likeness (QED) is 0.502. The maximum atomic E-state index is 10.9. The lowest BCUT2D eigenvalue weighted by atomic mass is 10.3. The summed E-state index contributed by atoms with van der Waals surface area (Å²) in [5.41, 5.74) is 0.810. The minimum atomic E-state index is 0.725. The van der Waals surface area contributed by atoms with Gasteiger partial charge in [0.2, 0.25) is 7.05 Å². The molecule has 0 bridgehead atoms. The third-order valence-electron chi connectivity index (χ3n) is 1.50. The van der Waals surface area contributed by atoms with Crippen LogP contribution in [0.15, 0.2) is 43.1 Å². The molecule has 0 amide bonds. The topological polar surface area (TPSA) is 23.3 Å². The van der Waals surface area contributed by atoms with Crippen LogP contribution in [0.5, 0.6) is 0 Å².